The maximum Gasteiger partial charge on any atom is 0.248 e. The van der Waals surface area contributed by atoms with Crippen LogP contribution in [0.2, 0.25) is 0 Å². The Morgan fingerprint density at radius 1 is 1.33 bits per heavy atom. The molecule has 2 rings (SSSR count). The number of hydrogen-bond donors (Lipinski definition) is 0. The molecule has 1 aromatic rings. The fourth-order valence-corrected chi connectivity index (χ4v) is 1.96. The molecule has 0 radical (unpaired) electrons. The van der Waals surface area contributed by atoms with Gasteiger partial charge in [0.05, 0.1) is 6.54 Å². The van der Waals surface area contributed by atoms with Crippen molar-refractivity contribution < 1.29 is 13.9 Å². The normalized spacial score (nSPS) is 17.1. The van der Waals surface area contributed by atoms with Gasteiger partial charge in [0.15, 0.2) is 0 Å². The summed E-state index contributed by atoms with van der Waals surface area (Å²) in [5, 5.41) is 7.76. The Morgan fingerprint density at radius 2 is 2.06 bits per heavy atom. The number of rotatable bonds is 4. The van der Waals surface area contributed by atoms with Crippen LogP contribution in [0.1, 0.15) is 11.8 Å². The van der Waals surface area contributed by atoms with Crippen LogP contribution in [0.5, 0.6) is 0 Å². The number of methoxy groups -OCH3 is 1. The third kappa shape index (κ3) is 3.27. The molecular formula is C11H18N4O3. The van der Waals surface area contributed by atoms with E-state index in [9.17, 15) is 4.79 Å². The molecule has 1 aromatic heterocycles. The van der Waals surface area contributed by atoms with Crippen molar-refractivity contribution in [2.45, 2.75) is 13.5 Å². The summed E-state index contributed by atoms with van der Waals surface area (Å²) in [5.41, 5.74) is 0. The first-order chi connectivity index (χ1) is 8.69. The molecule has 7 heteroatoms. The number of ether oxygens (including phenoxy) is 1. The lowest BCUT2D eigenvalue weighted by Gasteiger charge is -2.33. The summed E-state index contributed by atoms with van der Waals surface area (Å²) in [6.45, 7) is 5.65. The molecule has 1 aliphatic rings. The average molecular weight is 254 g/mol. The maximum atomic E-state index is 11.6. The Hall–Kier alpha value is -1.47. The first-order valence-corrected chi connectivity index (χ1v) is 5.97. The van der Waals surface area contributed by atoms with Crippen molar-refractivity contribution in [3.05, 3.63) is 11.8 Å². The monoisotopic (exact) mass is 254 g/mol. The zero-order valence-corrected chi connectivity index (χ0v) is 10.8. The van der Waals surface area contributed by atoms with Crippen LogP contribution >= 0.6 is 0 Å². The third-order valence-corrected chi connectivity index (χ3v) is 2.92. The Morgan fingerprint density at radius 3 is 2.61 bits per heavy atom. The van der Waals surface area contributed by atoms with Gasteiger partial charge >= 0.3 is 0 Å². The smallest absolute Gasteiger partial charge is 0.248 e. The van der Waals surface area contributed by atoms with Crippen molar-refractivity contribution >= 4 is 5.91 Å². The number of carbonyl (C=O) groups excluding carboxylic acids is 1. The highest BCUT2D eigenvalue weighted by atomic mass is 16.5. The van der Waals surface area contributed by atoms with E-state index in [1.807, 2.05) is 4.90 Å². The van der Waals surface area contributed by atoms with Crippen LogP contribution < -0.4 is 0 Å². The molecule has 0 aliphatic carbocycles. The van der Waals surface area contributed by atoms with E-state index in [1.165, 1.54) is 7.11 Å². The van der Waals surface area contributed by atoms with Crippen LogP contribution in [0.15, 0.2) is 4.42 Å². The minimum absolute atomic E-state index is 0.0470. The highest BCUT2D eigenvalue weighted by molar-refractivity contribution is 5.77. The van der Waals surface area contributed by atoms with E-state index in [1.54, 1.807) is 6.92 Å². The summed E-state index contributed by atoms with van der Waals surface area (Å²) in [7, 11) is 1.53. The van der Waals surface area contributed by atoms with Gasteiger partial charge in [-0.1, -0.05) is 0 Å². The molecule has 0 spiro atoms. The fraction of sp³-hybridized carbons (Fsp3) is 0.727. The first kappa shape index (κ1) is 13.0. The lowest BCUT2D eigenvalue weighted by atomic mass is 10.3. The van der Waals surface area contributed by atoms with Crippen molar-refractivity contribution in [2.24, 2.45) is 0 Å². The predicted molar refractivity (Wildman–Crippen MR) is 62.8 cm³/mol. The average Bonchev–Trinajstić information content (AvgIpc) is 2.76. The summed E-state index contributed by atoms with van der Waals surface area (Å²) in [6.07, 6.45) is 0. The minimum atomic E-state index is 0.0470. The van der Waals surface area contributed by atoms with Gasteiger partial charge in [0.25, 0.3) is 0 Å². The van der Waals surface area contributed by atoms with Gasteiger partial charge in [0.1, 0.15) is 6.61 Å². The molecule has 18 heavy (non-hydrogen) atoms. The molecule has 7 nitrogen and oxygen atoms in total. The largest absolute Gasteiger partial charge is 0.424 e. The molecule has 0 N–H and O–H groups in total. The standard InChI is InChI=1S/C11H18N4O3/c1-9-12-13-10(18-9)7-14-3-5-15(6-4-14)11(16)8-17-2/h3-8H2,1-2H3. The molecular weight excluding hydrogens is 236 g/mol. The molecule has 1 aliphatic heterocycles. The highest BCUT2D eigenvalue weighted by Gasteiger charge is 2.21. The van der Waals surface area contributed by atoms with Gasteiger partial charge in [-0.3, -0.25) is 9.69 Å². The zero-order valence-electron chi connectivity index (χ0n) is 10.8. The molecule has 0 atom stereocenters. The number of carbonyl (C=O) groups is 1. The topological polar surface area (TPSA) is 71.7 Å². The SMILES string of the molecule is COCC(=O)N1CCN(Cc2nnc(C)o2)CC1. The molecule has 0 bridgehead atoms. The predicted octanol–water partition coefficient (Wildman–Crippen LogP) is -0.331. The molecule has 100 valence electrons. The van der Waals surface area contributed by atoms with E-state index >= 15 is 0 Å². The van der Waals surface area contributed by atoms with Crippen LogP contribution in [-0.2, 0) is 16.1 Å². The molecule has 1 saturated heterocycles. The summed E-state index contributed by atoms with van der Waals surface area (Å²) >= 11 is 0. The lowest BCUT2D eigenvalue weighted by Crippen LogP contribution is -2.49. The second-order valence-corrected chi connectivity index (χ2v) is 4.30. The first-order valence-electron chi connectivity index (χ1n) is 5.97. The number of piperazine rings is 1. The minimum Gasteiger partial charge on any atom is -0.424 e. The maximum absolute atomic E-state index is 11.6. The van der Waals surface area contributed by atoms with Crippen LogP contribution in [0.3, 0.4) is 0 Å². The summed E-state index contributed by atoms with van der Waals surface area (Å²) in [6, 6.07) is 0. The zero-order chi connectivity index (χ0) is 13.0. The van der Waals surface area contributed by atoms with Crippen molar-refractivity contribution in [3.8, 4) is 0 Å². The molecule has 0 aromatic carbocycles. The number of aromatic nitrogens is 2. The van der Waals surface area contributed by atoms with Crippen molar-refractivity contribution in [1.82, 2.24) is 20.0 Å². The van der Waals surface area contributed by atoms with Gasteiger partial charge in [-0.05, 0) is 0 Å². The van der Waals surface area contributed by atoms with E-state index in [-0.39, 0.29) is 12.5 Å². The van der Waals surface area contributed by atoms with Gasteiger partial charge in [0, 0.05) is 40.2 Å². The van der Waals surface area contributed by atoms with Crippen molar-refractivity contribution in [2.75, 3.05) is 39.9 Å². The Labute approximate surface area is 106 Å². The highest BCUT2D eigenvalue weighted by Crippen LogP contribution is 2.07. The second kappa shape index (κ2) is 5.92. The van der Waals surface area contributed by atoms with Crippen molar-refractivity contribution in [3.63, 3.8) is 0 Å². The number of hydrogen-bond acceptors (Lipinski definition) is 6. The van der Waals surface area contributed by atoms with Gasteiger partial charge in [-0.2, -0.15) is 0 Å². The molecule has 1 fully saturated rings. The summed E-state index contributed by atoms with van der Waals surface area (Å²) < 4.78 is 10.2. The van der Waals surface area contributed by atoms with Gasteiger partial charge < -0.3 is 14.1 Å². The Kier molecular flexibility index (Phi) is 4.27. The van der Waals surface area contributed by atoms with Crippen LogP contribution in [0.4, 0.5) is 0 Å². The summed E-state index contributed by atoms with van der Waals surface area (Å²) in [5.74, 6) is 1.26. The molecule has 2 heterocycles. The van der Waals surface area contributed by atoms with E-state index in [0.29, 0.717) is 18.3 Å². The Balaban J connectivity index is 1.78. The number of aryl methyl sites for hydroxylation is 1. The molecule has 0 unspecified atom stereocenters. The van der Waals surface area contributed by atoms with E-state index in [4.69, 9.17) is 9.15 Å². The fourth-order valence-electron chi connectivity index (χ4n) is 1.96. The second-order valence-electron chi connectivity index (χ2n) is 4.30. The van der Waals surface area contributed by atoms with E-state index in [0.717, 1.165) is 26.2 Å². The molecule has 0 saturated carbocycles. The lowest BCUT2D eigenvalue weighted by molar-refractivity contribution is -0.137. The number of nitrogens with zero attached hydrogens (tertiary/aromatic N) is 4. The van der Waals surface area contributed by atoms with Gasteiger partial charge in [0.2, 0.25) is 17.7 Å². The Bertz CT molecular complexity index is 399. The van der Waals surface area contributed by atoms with E-state index in [2.05, 4.69) is 15.1 Å². The van der Waals surface area contributed by atoms with Gasteiger partial charge in [-0.15, -0.1) is 10.2 Å². The quantitative estimate of drug-likeness (QED) is 0.732. The van der Waals surface area contributed by atoms with Crippen molar-refractivity contribution in [1.29, 1.82) is 0 Å². The molecule has 1 amide bonds. The van der Waals surface area contributed by atoms with Crippen LogP contribution in [-0.4, -0.2) is 65.8 Å². The van der Waals surface area contributed by atoms with Gasteiger partial charge in [-0.25, -0.2) is 0 Å². The summed E-state index contributed by atoms with van der Waals surface area (Å²) in [4.78, 5) is 15.6. The van der Waals surface area contributed by atoms with Crippen LogP contribution in [0.25, 0.3) is 0 Å². The van der Waals surface area contributed by atoms with E-state index < -0.39 is 0 Å². The van der Waals surface area contributed by atoms with Crippen LogP contribution in [0, 0.1) is 6.92 Å². The number of amides is 1. The third-order valence-electron chi connectivity index (χ3n) is 2.92.